The summed E-state index contributed by atoms with van der Waals surface area (Å²) in [5.74, 6) is 0. The third kappa shape index (κ3) is 9.28. The van der Waals surface area contributed by atoms with Crippen LogP contribution in [0, 0.1) is 10.8 Å². The Balaban J connectivity index is 3.70. The molecule has 0 spiro atoms. The van der Waals surface area contributed by atoms with E-state index in [9.17, 15) is 0 Å². The smallest absolute Gasteiger partial charge is 0.0388 e. The van der Waals surface area contributed by atoms with Gasteiger partial charge in [-0.1, -0.05) is 54.4 Å². The molecule has 0 bridgehead atoms. The molecule has 0 aliphatic heterocycles. The third-order valence-corrected chi connectivity index (χ3v) is 3.93. The summed E-state index contributed by atoms with van der Waals surface area (Å²) in [4.78, 5) is 9.33. The zero-order chi connectivity index (χ0) is 15.8. The molecular weight excluding hydrogens is 244 g/mol. The molecule has 0 atom stereocenters. The van der Waals surface area contributed by atoms with E-state index in [2.05, 4.69) is 65.4 Å². The van der Waals surface area contributed by atoms with Crippen molar-refractivity contribution in [3.05, 3.63) is 0 Å². The second kappa shape index (κ2) is 8.59. The first-order chi connectivity index (χ1) is 9.05. The van der Waals surface area contributed by atoms with E-state index in [4.69, 9.17) is 0 Å². The van der Waals surface area contributed by atoms with E-state index in [1.54, 1.807) is 0 Å². The molecule has 2 nitrogen and oxygen atoms in total. The van der Waals surface area contributed by atoms with Crippen LogP contribution >= 0.6 is 0 Å². The highest BCUT2D eigenvalue weighted by Crippen LogP contribution is 2.16. The second-order valence-corrected chi connectivity index (χ2v) is 7.85. The van der Waals surface area contributed by atoms with E-state index in [0.29, 0.717) is 0 Å². The molecule has 0 N–H and O–H groups in total. The van der Waals surface area contributed by atoms with Crippen LogP contribution in [0.1, 0.15) is 81.1 Å². The van der Waals surface area contributed by atoms with Gasteiger partial charge in [-0.3, -0.25) is 9.98 Å². The summed E-state index contributed by atoms with van der Waals surface area (Å²) in [6.07, 6.45) is 4.95. The molecule has 2 heteroatoms. The number of hydrogen-bond donors (Lipinski definition) is 0. The number of aliphatic imine (C=N–C) groups is 2. The zero-order valence-corrected chi connectivity index (χ0v) is 15.1. The summed E-state index contributed by atoms with van der Waals surface area (Å²) in [5, 5.41) is 0. The molecule has 0 heterocycles. The van der Waals surface area contributed by atoms with E-state index in [1.807, 2.05) is 0 Å². The standard InChI is InChI=1S/C18H36N2/c1-15(17(3,4)5)19-13-11-9-10-12-14-20-16(2)18(6,7)8/h9-14H2,1-8H3. The van der Waals surface area contributed by atoms with E-state index in [-0.39, 0.29) is 10.8 Å². The highest BCUT2D eigenvalue weighted by molar-refractivity contribution is 5.87. The Bertz CT molecular complexity index is 290. The van der Waals surface area contributed by atoms with Crippen molar-refractivity contribution >= 4 is 11.4 Å². The third-order valence-electron chi connectivity index (χ3n) is 3.93. The molecule has 20 heavy (non-hydrogen) atoms. The highest BCUT2D eigenvalue weighted by Gasteiger charge is 2.13. The molecule has 0 aromatic heterocycles. The summed E-state index contributed by atoms with van der Waals surface area (Å²) < 4.78 is 0. The van der Waals surface area contributed by atoms with Crippen LogP contribution in [0.25, 0.3) is 0 Å². The molecule has 0 unspecified atom stereocenters. The summed E-state index contributed by atoms with van der Waals surface area (Å²) in [6.45, 7) is 19.6. The quantitative estimate of drug-likeness (QED) is 0.431. The second-order valence-electron chi connectivity index (χ2n) is 7.85. The number of unbranched alkanes of at least 4 members (excludes halogenated alkanes) is 3. The van der Waals surface area contributed by atoms with Gasteiger partial charge in [-0.2, -0.15) is 0 Å². The van der Waals surface area contributed by atoms with E-state index >= 15 is 0 Å². The minimum absolute atomic E-state index is 0.221. The van der Waals surface area contributed by atoms with Crippen LogP contribution in [0.5, 0.6) is 0 Å². The average molecular weight is 280 g/mol. The Hall–Kier alpha value is -0.660. The van der Waals surface area contributed by atoms with Gasteiger partial charge in [-0.15, -0.1) is 0 Å². The maximum atomic E-state index is 4.66. The molecule has 0 aliphatic carbocycles. The lowest BCUT2D eigenvalue weighted by molar-refractivity contribution is 0.577. The van der Waals surface area contributed by atoms with Crippen molar-refractivity contribution in [3.8, 4) is 0 Å². The number of nitrogens with zero attached hydrogens (tertiary/aromatic N) is 2. The van der Waals surface area contributed by atoms with Gasteiger partial charge in [0.05, 0.1) is 0 Å². The van der Waals surface area contributed by atoms with E-state index in [1.165, 1.54) is 37.1 Å². The lowest BCUT2D eigenvalue weighted by atomic mass is 9.91. The first-order valence-electron chi connectivity index (χ1n) is 8.08. The average Bonchev–Trinajstić information content (AvgIpc) is 2.29. The van der Waals surface area contributed by atoms with Crippen molar-refractivity contribution in [1.82, 2.24) is 0 Å². The van der Waals surface area contributed by atoms with Crippen LogP contribution in [-0.2, 0) is 0 Å². The molecule has 0 saturated carbocycles. The topological polar surface area (TPSA) is 24.7 Å². The van der Waals surface area contributed by atoms with Crippen LogP contribution in [0.3, 0.4) is 0 Å². The van der Waals surface area contributed by atoms with E-state index in [0.717, 1.165) is 13.1 Å². The van der Waals surface area contributed by atoms with Crippen LogP contribution in [0.4, 0.5) is 0 Å². The summed E-state index contributed by atoms with van der Waals surface area (Å²) in [6, 6.07) is 0. The van der Waals surface area contributed by atoms with Crippen molar-refractivity contribution in [3.63, 3.8) is 0 Å². The van der Waals surface area contributed by atoms with Gasteiger partial charge in [-0.05, 0) is 37.5 Å². The summed E-state index contributed by atoms with van der Waals surface area (Å²) >= 11 is 0. The van der Waals surface area contributed by atoms with Gasteiger partial charge in [0.1, 0.15) is 0 Å². The monoisotopic (exact) mass is 280 g/mol. The maximum Gasteiger partial charge on any atom is 0.0388 e. The van der Waals surface area contributed by atoms with Gasteiger partial charge < -0.3 is 0 Å². The molecule has 0 radical (unpaired) electrons. The van der Waals surface area contributed by atoms with Gasteiger partial charge in [0, 0.05) is 24.5 Å². The summed E-state index contributed by atoms with van der Waals surface area (Å²) in [5.41, 5.74) is 2.98. The first-order valence-corrected chi connectivity index (χ1v) is 8.08. The molecule has 0 aliphatic rings. The molecule has 0 aromatic rings. The van der Waals surface area contributed by atoms with Crippen molar-refractivity contribution < 1.29 is 0 Å². The van der Waals surface area contributed by atoms with Gasteiger partial charge in [-0.25, -0.2) is 0 Å². The highest BCUT2D eigenvalue weighted by atomic mass is 14.7. The van der Waals surface area contributed by atoms with Gasteiger partial charge in [0.15, 0.2) is 0 Å². The maximum absolute atomic E-state index is 4.66. The van der Waals surface area contributed by atoms with Gasteiger partial charge in [0.25, 0.3) is 0 Å². The fourth-order valence-corrected chi connectivity index (χ4v) is 1.55. The summed E-state index contributed by atoms with van der Waals surface area (Å²) in [7, 11) is 0. The van der Waals surface area contributed by atoms with Crippen molar-refractivity contribution in [2.45, 2.75) is 81.1 Å². The fraction of sp³-hybridized carbons (Fsp3) is 0.889. The molecule has 118 valence electrons. The van der Waals surface area contributed by atoms with Crippen molar-refractivity contribution in [2.24, 2.45) is 20.8 Å². The Kier molecular flexibility index (Phi) is 8.30. The minimum Gasteiger partial charge on any atom is -0.294 e. The molecule has 0 fully saturated rings. The fourth-order valence-electron chi connectivity index (χ4n) is 1.55. The molecule has 0 saturated heterocycles. The lowest BCUT2D eigenvalue weighted by Gasteiger charge is -2.18. The molecule has 0 aromatic carbocycles. The van der Waals surface area contributed by atoms with Gasteiger partial charge in [0.2, 0.25) is 0 Å². The Labute approximate surface area is 127 Å². The first kappa shape index (κ1) is 19.3. The molecular formula is C18H36N2. The number of rotatable bonds is 7. The zero-order valence-electron chi connectivity index (χ0n) is 15.1. The SMILES string of the molecule is CC(=NCCCCCCN=C(C)C(C)(C)C)C(C)(C)C. The van der Waals surface area contributed by atoms with E-state index < -0.39 is 0 Å². The van der Waals surface area contributed by atoms with Crippen molar-refractivity contribution in [2.75, 3.05) is 13.1 Å². The lowest BCUT2D eigenvalue weighted by Crippen LogP contribution is -2.17. The van der Waals surface area contributed by atoms with Crippen LogP contribution in [0.2, 0.25) is 0 Å². The predicted octanol–water partition coefficient (Wildman–Crippen LogP) is 5.56. The minimum atomic E-state index is 0.221. The van der Waals surface area contributed by atoms with Crippen LogP contribution in [-0.4, -0.2) is 24.5 Å². The molecule has 0 amide bonds. The Morgan fingerprint density at radius 3 is 1.15 bits per heavy atom. The largest absolute Gasteiger partial charge is 0.294 e. The van der Waals surface area contributed by atoms with Crippen LogP contribution < -0.4 is 0 Å². The van der Waals surface area contributed by atoms with Crippen molar-refractivity contribution in [1.29, 1.82) is 0 Å². The normalized spacial score (nSPS) is 14.8. The predicted molar refractivity (Wildman–Crippen MR) is 93.3 cm³/mol. The number of hydrogen-bond acceptors (Lipinski definition) is 2. The van der Waals surface area contributed by atoms with Crippen LogP contribution in [0.15, 0.2) is 9.98 Å². The Morgan fingerprint density at radius 2 is 0.900 bits per heavy atom. The Morgan fingerprint density at radius 1 is 0.600 bits per heavy atom. The van der Waals surface area contributed by atoms with Gasteiger partial charge >= 0.3 is 0 Å². The molecule has 0 rings (SSSR count).